The smallest absolute Gasteiger partial charge is 0.332 e. The van der Waals surface area contributed by atoms with Crippen LogP contribution in [0.2, 0.25) is 5.02 Å². The van der Waals surface area contributed by atoms with Crippen LogP contribution >= 0.6 is 11.6 Å². The molecule has 0 atom stereocenters. The maximum Gasteiger partial charge on any atom is 0.332 e. The Labute approximate surface area is 116 Å². The molecule has 0 fully saturated rings. The lowest BCUT2D eigenvalue weighted by Crippen LogP contribution is -2.23. The Balaban J connectivity index is 2.34. The lowest BCUT2D eigenvalue weighted by molar-refractivity contribution is -0.148. The summed E-state index contributed by atoms with van der Waals surface area (Å²) in [5.41, 5.74) is 0.930. The average Bonchev–Trinajstić information content (AvgIpc) is 2.53. The molecule has 1 aliphatic heterocycles. The van der Waals surface area contributed by atoms with Crippen molar-refractivity contribution in [1.82, 2.24) is 0 Å². The van der Waals surface area contributed by atoms with Crippen molar-refractivity contribution in [3.05, 3.63) is 34.9 Å². The molecule has 0 spiro atoms. The first-order valence-electron chi connectivity index (χ1n) is 5.82. The number of halogens is 1. The van der Waals surface area contributed by atoms with Crippen LogP contribution in [0.3, 0.4) is 0 Å². The van der Waals surface area contributed by atoms with Gasteiger partial charge in [-0.2, -0.15) is 0 Å². The molecule has 1 aliphatic rings. The lowest BCUT2D eigenvalue weighted by atomic mass is 10.1. The Morgan fingerprint density at radius 3 is 2.68 bits per heavy atom. The molecule has 1 heterocycles. The SMILES string of the molecule is CC(C)(C)OC(=O)/C=C1/C(=O)Nc2ccc(Cl)cc21. The Morgan fingerprint density at radius 2 is 2.05 bits per heavy atom. The summed E-state index contributed by atoms with van der Waals surface area (Å²) in [4.78, 5) is 23.6. The molecule has 1 N–H and O–H groups in total. The molecular formula is C14H14ClNO3. The monoisotopic (exact) mass is 279 g/mol. The first-order chi connectivity index (χ1) is 8.76. The predicted octanol–water partition coefficient (Wildman–Crippen LogP) is 3.02. The van der Waals surface area contributed by atoms with Crippen LogP contribution in [0.1, 0.15) is 26.3 Å². The van der Waals surface area contributed by atoms with Gasteiger partial charge in [-0.3, -0.25) is 4.79 Å². The van der Waals surface area contributed by atoms with Gasteiger partial charge >= 0.3 is 5.97 Å². The highest BCUT2D eigenvalue weighted by molar-refractivity contribution is 6.35. The van der Waals surface area contributed by atoms with Crippen molar-refractivity contribution in [3.63, 3.8) is 0 Å². The zero-order chi connectivity index (χ0) is 14.2. The third-order valence-corrected chi connectivity index (χ3v) is 2.67. The van der Waals surface area contributed by atoms with Gasteiger partial charge < -0.3 is 10.1 Å². The number of hydrogen-bond donors (Lipinski definition) is 1. The number of anilines is 1. The van der Waals surface area contributed by atoms with Crippen molar-refractivity contribution in [1.29, 1.82) is 0 Å². The van der Waals surface area contributed by atoms with Gasteiger partial charge in [0, 0.05) is 22.3 Å². The molecule has 0 bridgehead atoms. The third kappa shape index (κ3) is 3.15. The molecular weight excluding hydrogens is 266 g/mol. The molecule has 100 valence electrons. The van der Waals surface area contributed by atoms with E-state index in [2.05, 4.69) is 5.32 Å². The van der Waals surface area contributed by atoms with Gasteiger partial charge in [-0.05, 0) is 39.0 Å². The van der Waals surface area contributed by atoms with E-state index in [0.29, 0.717) is 16.3 Å². The van der Waals surface area contributed by atoms with Crippen molar-refractivity contribution in [2.24, 2.45) is 0 Å². The number of carbonyl (C=O) groups is 2. The van der Waals surface area contributed by atoms with Crippen molar-refractivity contribution in [2.75, 3.05) is 5.32 Å². The molecule has 4 nitrogen and oxygen atoms in total. The highest BCUT2D eigenvalue weighted by Crippen LogP contribution is 2.33. The summed E-state index contributed by atoms with van der Waals surface area (Å²) < 4.78 is 5.16. The zero-order valence-corrected chi connectivity index (χ0v) is 11.7. The standard InChI is InChI=1S/C14H14ClNO3/c1-14(2,3)19-12(17)7-10-9-6-8(15)4-5-11(9)16-13(10)18/h4-7H,1-3H3,(H,16,18)/b10-7+. The second kappa shape index (κ2) is 4.70. The van der Waals surface area contributed by atoms with E-state index in [9.17, 15) is 9.59 Å². The fourth-order valence-electron chi connectivity index (χ4n) is 1.75. The summed E-state index contributed by atoms with van der Waals surface area (Å²) in [5.74, 6) is -0.881. The number of ether oxygens (including phenoxy) is 1. The lowest BCUT2D eigenvalue weighted by Gasteiger charge is -2.18. The van der Waals surface area contributed by atoms with Crippen molar-refractivity contribution >= 4 is 34.7 Å². The van der Waals surface area contributed by atoms with E-state index in [1.165, 1.54) is 6.08 Å². The van der Waals surface area contributed by atoms with Crippen LogP contribution in [0.5, 0.6) is 0 Å². The van der Waals surface area contributed by atoms with Crippen molar-refractivity contribution < 1.29 is 14.3 Å². The van der Waals surface area contributed by atoms with Crippen LogP contribution in [0.15, 0.2) is 24.3 Å². The van der Waals surface area contributed by atoms with E-state index in [0.717, 1.165) is 0 Å². The number of benzene rings is 1. The second-order valence-corrected chi connectivity index (χ2v) is 5.67. The summed E-state index contributed by atoms with van der Waals surface area (Å²) in [6.07, 6.45) is 1.20. The fraction of sp³-hybridized carbons (Fsp3) is 0.286. The normalized spacial score (nSPS) is 16.2. The van der Waals surface area contributed by atoms with E-state index < -0.39 is 11.6 Å². The number of amides is 1. The molecule has 5 heteroatoms. The van der Waals surface area contributed by atoms with E-state index in [-0.39, 0.29) is 11.5 Å². The summed E-state index contributed by atoms with van der Waals surface area (Å²) >= 11 is 5.90. The molecule has 0 unspecified atom stereocenters. The number of esters is 1. The second-order valence-electron chi connectivity index (χ2n) is 5.24. The number of hydrogen-bond acceptors (Lipinski definition) is 3. The highest BCUT2D eigenvalue weighted by atomic mass is 35.5. The van der Waals surface area contributed by atoms with E-state index >= 15 is 0 Å². The van der Waals surface area contributed by atoms with E-state index in [1.807, 2.05) is 0 Å². The van der Waals surface area contributed by atoms with Crippen LogP contribution in [0.4, 0.5) is 5.69 Å². The topological polar surface area (TPSA) is 55.4 Å². The minimum atomic E-state index is -0.597. The summed E-state index contributed by atoms with van der Waals surface area (Å²) in [7, 11) is 0. The first kappa shape index (κ1) is 13.6. The Bertz CT molecular complexity index is 585. The average molecular weight is 280 g/mol. The zero-order valence-electron chi connectivity index (χ0n) is 10.9. The van der Waals surface area contributed by atoms with Gasteiger partial charge in [-0.15, -0.1) is 0 Å². The van der Waals surface area contributed by atoms with E-state index in [1.54, 1.807) is 39.0 Å². The molecule has 0 saturated carbocycles. The quantitative estimate of drug-likeness (QED) is 0.635. The highest BCUT2D eigenvalue weighted by Gasteiger charge is 2.26. The van der Waals surface area contributed by atoms with Gasteiger partial charge in [0.15, 0.2) is 0 Å². The van der Waals surface area contributed by atoms with E-state index in [4.69, 9.17) is 16.3 Å². The Hall–Kier alpha value is -1.81. The largest absolute Gasteiger partial charge is 0.457 e. The van der Waals surface area contributed by atoms with Crippen LogP contribution < -0.4 is 5.32 Å². The molecule has 0 saturated heterocycles. The number of carbonyl (C=O) groups excluding carboxylic acids is 2. The molecule has 1 aromatic rings. The van der Waals surface area contributed by atoms with Gasteiger partial charge in [-0.25, -0.2) is 4.79 Å². The van der Waals surface area contributed by atoms with Crippen molar-refractivity contribution in [2.45, 2.75) is 26.4 Å². The van der Waals surface area contributed by atoms with Gasteiger partial charge in [0.2, 0.25) is 0 Å². The van der Waals surface area contributed by atoms with Gasteiger partial charge in [0.05, 0.1) is 5.57 Å². The maximum absolute atomic E-state index is 11.8. The van der Waals surface area contributed by atoms with Crippen LogP contribution in [-0.4, -0.2) is 17.5 Å². The predicted molar refractivity (Wildman–Crippen MR) is 73.9 cm³/mol. The third-order valence-electron chi connectivity index (χ3n) is 2.43. The fourth-order valence-corrected chi connectivity index (χ4v) is 1.92. The summed E-state index contributed by atoms with van der Waals surface area (Å²) in [6, 6.07) is 5.02. The molecule has 19 heavy (non-hydrogen) atoms. The van der Waals surface area contributed by atoms with Crippen LogP contribution in [0.25, 0.3) is 5.57 Å². The van der Waals surface area contributed by atoms with Crippen molar-refractivity contribution in [3.8, 4) is 0 Å². The van der Waals surface area contributed by atoms with Crippen LogP contribution in [-0.2, 0) is 14.3 Å². The summed E-state index contributed by atoms with van der Waals surface area (Å²) in [6.45, 7) is 5.30. The molecule has 2 rings (SSSR count). The van der Waals surface area contributed by atoms with Crippen LogP contribution in [0, 0.1) is 0 Å². The minimum Gasteiger partial charge on any atom is -0.457 e. The molecule has 1 amide bonds. The number of nitrogens with one attached hydrogen (secondary N) is 1. The summed E-state index contributed by atoms with van der Waals surface area (Å²) in [5, 5.41) is 3.17. The Kier molecular flexibility index (Phi) is 3.37. The van der Waals surface area contributed by atoms with Gasteiger partial charge in [-0.1, -0.05) is 11.6 Å². The number of fused-ring (bicyclic) bond motifs is 1. The molecule has 0 radical (unpaired) electrons. The van der Waals surface area contributed by atoms with Gasteiger partial charge in [0.1, 0.15) is 5.60 Å². The maximum atomic E-state index is 11.8. The number of rotatable bonds is 1. The first-order valence-corrected chi connectivity index (χ1v) is 6.20. The molecule has 0 aromatic heterocycles. The minimum absolute atomic E-state index is 0.270. The van der Waals surface area contributed by atoms with Gasteiger partial charge in [0.25, 0.3) is 5.91 Å². The molecule has 1 aromatic carbocycles. The molecule has 0 aliphatic carbocycles. The Morgan fingerprint density at radius 1 is 1.37 bits per heavy atom.